The minimum atomic E-state index is 0.0263. The van der Waals surface area contributed by atoms with Gasteiger partial charge in [-0.15, -0.1) is 11.3 Å². The minimum absolute atomic E-state index is 0.0263. The summed E-state index contributed by atoms with van der Waals surface area (Å²) in [4.78, 5) is 17.4. The molecule has 0 spiro atoms. The summed E-state index contributed by atoms with van der Waals surface area (Å²) < 4.78 is 5.25. The number of rotatable bonds is 2. The average Bonchev–Trinajstić information content (AvgIpc) is 2.76. The number of carbonyl (C=O) groups is 1. The summed E-state index contributed by atoms with van der Waals surface area (Å²) in [7, 11) is 1.58. The van der Waals surface area contributed by atoms with E-state index in [1.165, 1.54) is 11.3 Å². The highest BCUT2D eigenvalue weighted by Crippen LogP contribution is 2.44. The molecule has 0 saturated carbocycles. The van der Waals surface area contributed by atoms with Crippen LogP contribution in [-0.2, 0) is 0 Å². The number of Topliss-reactive ketones (excluding diaryl/α,β-unsaturated/α-hetero) is 1. The highest BCUT2D eigenvalue weighted by Gasteiger charge is 2.26. The van der Waals surface area contributed by atoms with Crippen molar-refractivity contribution in [2.24, 2.45) is 10.7 Å². The van der Waals surface area contributed by atoms with Crippen molar-refractivity contribution in [3.63, 3.8) is 0 Å². The van der Waals surface area contributed by atoms with Crippen molar-refractivity contribution in [3.05, 3.63) is 34.3 Å². The normalized spacial score (nSPS) is 13.9. The van der Waals surface area contributed by atoms with Crippen LogP contribution in [0.2, 0.25) is 5.02 Å². The molecule has 6 heteroatoms. The zero-order chi connectivity index (χ0) is 15.1. The molecule has 0 bridgehead atoms. The Kier molecular flexibility index (Phi) is 3.47. The average molecular weight is 321 g/mol. The first kappa shape index (κ1) is 14.1. The maximum atomic E-state index is 12.1. The Bertz CT molecular complexity index is 780. The van der Waals surface area contributed by atoms with Gasteiger partial charge in [0, 0.05) is 4.88 Å². The van der Waals surface area contributed by atoms with Gasteiger partial charge >= 0.3 is 0 Å². The fraction of sp³-hybridized carbons (Fsp3) is 0.200. The number of ether oxygens (including phenoxy) is 1. The third-order valence-electron chi connectivity index (χ3n) is 3.41. The molecule has 0 amide bonds. The molecule has 0 saturated heterocycles. The lowest BCUT2D eigenvalue weighted by Crippen LogP contribution is -2.20. The zero-order valence-corrected chi connectivity index (χ0v) is 13.1. The molecule has 0 fully saturated rings. The molecular formula is C15H13ClN2O2S. The van der Waals surface area contributed by atoms with E-state index in [4.69, 9.17) is 22.1 Å². The van der Waals surface area contributed by atoms with Crippen molar-refractivity contribution < 1.29 is 9.53 Å². The molecule has 1 aromatic heterocycles. The monoisotopic (exact) mass is 320 g/mol. The summed E-state index contributed by atoms with van der Waals surface area (Å²) in [6, 6.07) is 5.56. The van der Waals surface area contributed by atoms with E-state index in [1.807, 2.05) is 19.1 Å². The third kappa shape index (κ3) is 2.32. The van der Waals surface area contributed by atoms with Gasteiger partial charge < -0.3 is 10.5 Å². The van der Waals surface area contributed by atoms with Gasteiger partial charge in [0.05, 0.1) is 24.1 Å². The lowest BCUT2D eigenvalue weighted by molar-refractivity contribution is 0.0999. The van der Waals surface area contributed by atoms with Gasteiger partial charge in [-0.3, -0.25) is 4.79 Å². The van der Waals surface area contributed by atoms with E-state index < -0.39 is 0 Å². The first-order valence-electron chi connectivity index (χ1n) is 6.34. The molecule has 2 N–H and O–H groups in total. The highest BCUT2D eigenvalue weighted by molar-refractivity contribution is 7.20. The van der Waals surface area contributed by atoms with Crippen LogP contribution in [0.15, 0.2) is 23.2 Å². The van der Waals surface area contributed by atoms with Gasteiger partial charge in [-0.2, -0.15) is 0 Å². The van der Waals surface area contributed by atoms with Crippen molar-refractivity contribution in [1.29, 1.82) is 0 Å². The van der Waals surface area contributed by atoms with Gasteiger partial charge in [0.25, 0.3) is 0 Å². The maximum absolute atomic E-state index is 12.1. The smallest absolute Gasteiger partial charge is 0.173 e. The molecule has 21 heavy (non-hydrogen) atoms. The molecule has 4 nitrogen and oxygen atoms in total. The maximum Gasteiger partial charge on any atom is 0.173 e. The Balaban J connectivity index is 2.17. The van der Waals surface area contributed by atoms with Crippen LogP contribution >= 0.6 is 22.9 Å². The number of hydrogen-bond acceptors (Lipinski definition) is 5. The van der Waals surface area contributed by atoms with Crippen LogP contribution in [0.4, 0.5) is 5.00 Å². The van der Waals surface area contributed by atoms with Gasteiger partial charge in [-0.05, 0) is 30.2 Å². The number of ketones is 1. The minimum Gasteiger partial charge on any atom is -0.495 e. The molecule has 3 rings (SSSR count). The molecule has 2 aromatic rings. The van der Waals surface area contributed by atoms with Crippen LogP contribution in [0.1, 0.15) is 22.3 Å². The standard InChI is InChI=1S/C15H13ClN2O2S/c1-7-13-10(19)6-12(17)18-15(13)21-14(7)8-3-4-9(16)11(5-8)20-2/h3-5H,6H2,1-2H3,(H2,17,18). The van der Waals surface area contributed by atoms with Crippen molar-refractivity contribution in [3.8, 4) is 16.2 Å². The Morgan fingerprint density at radius 2 is 2.19 bits per heavy atom. The Morgan fingerprint density at radius 3 is 2.90 bits per heavy atom. The Hall–Kier alpha value is -1.85. The first-order chi connectivity index (χ1) is 10.0. The van der Waals surface area contributed by atoms with Crippen molar-refractivity contribution in [2.75, 3.05) is 7.11 Å². The Labute approximate surface area is 131 Å². The molecular weight excluding hydrogens is 308 g/mol. The molecule has 2 heterocycles. The Morgan fingerprint density at radius 1 is 1.43 bits per heavy atom. The second-order valence-corrected chi connectivity index (χ2v) is 6.20. The van der Waals surface area contributed by atoms with Crippen molar-refractivity contribution >= 4 is 39.6 Å². The van der Waals surface area contributed by atoms with Crippen LogP contribution in [0.3, 0.4) is 0 Å². The van der Waals surface area contributed by atoms with Gasteiger partial charge in [0.15, 0.2) is 5.78 Å². The third-order valence-corrected chi connectivity index (χ3v) is 4.95. The van der Waals surface area contributed by atoms with Crippen LogP contribution < -0.4 is 10.5 Å². The molecule has 0 unspecified atom stereocenters. The summed E-state index contributed by atoms with van der Waals surface area (Å²) in [5, 5.41) is 1.24. The lowest BCUT2D eigenvalue weighted by atomic mass is 10.0. The molecule has 0 aliphatic carbocycles. The number of nitrogens with zero attached hydrogens (tertiary/aromatic N) is 1. The number of hydrogen-bond donors (Lipinski definition) is 1. The largest absolute Gasteiger partial charge is 0.495 e. The van der Waals surface area contributed by atoms with E-state index in [-0.39, 0.29) is 12.2 Å². The fourth-order valence-electron chi connectivity index (χ4n) is 2.40. The summed E-state index contributed by atoms with van der Waals surface area (Å²) >= 11 is 7.51. The molecule has 0 radical (unpaired) electrons. The predicted molar refractivity (Wildman–Crippen MR) is 86.3 cm³/mol. The summed E-state index contributed by atoms with van der Waals surface area (Å²) in [5.74, 6) is 1.00. The van der Waals surface area contributed by atoms with Gasteiger partial charge in [-0.1, -0.05) is 17.7 Å². The topological polar surface area (TPSA) is 64.7 Å². The fourth-order valence-corrected chi connectivity index (χ4v) is 3.82. The number of carbonyl (C=O) groups excluding carboxylic acids is 1. The second kappa shape index (κ2) is 5.16. The van der Waals surface area contributed by atoms with E-state index in [1.54, 1.807) is 13.2 Å². The van der Waals surface area contributed by atoms with E-state index in [2.05, 4.69) is 4.99 Å². The molecule has 1 aliphatic heterocycles. The molecule has 0 atom stereocenters. The van der Waals surface area contributed by atoms with E-state index in [0.29, 0.717) is 27.2 Å². The first-order valence-corrected chi connectivity index (χ1v) is 7.54. The number of nitrogens with two attached hydrogens (primary N) is 1. The van der Waals surface area contributed by atoms with Crippen LogP contribution in [0.25, 0.3) is 10.4 Å². The summed E-state index contributed by atoms with van der Waals surface area (Å²) in [6.07, 6.45) is 0.188. The number of benzene rings is 1. The number of amidine groups is 1. The number of methoxy groups -OCH3 is 1. The molecule has 108 valence electrons. The number of aliphatic imine (C=N–C) groups is 1. The second-order valence-electron chi connectivity index (χ2n) is 4.79. The van der Waals surface area contributed by atoms with Crippen LogP contribution in [0.5, 0.6) is 5.75 Å². The lowest BCUT2D eigenvalue weighted by Gasteiger charge is -2.08. The predicted octanol–water partition coefficient (Wildman–Crippen LogP) is 3.96. The van der Waals surface area contributed by atoms with E-state index >= 15 is 0 Å². The van der Waals surface area contributed by atoms with Crippen LogP contribution in [0, 0.1) is 6.92 Å². The highest BCUT2D eigenvalue weighted by atomic mass is 35.5. The summed E-state index contributed by atoms with van der Waals surface area (Å²) in [5.41, 5.74) is 8.27. The van der Waals surface area contributed by atoms with Gasteiger partial charge in [0.2, 0.25) is 0 Å². The van der Waals surface area contributed by atoms with E-state index in [9.17, 15) is 4.79 Å². The van der Waals surface area contributed by atoms with E-state index in [0.717, 1.165) is 16.0 Å². The molecule has 1 aromatic carbocycles. The quantitative estimate of drug-likeness (QED) is 0.910. The SMILES string of the molecule is COc1cc(-c2sc3c(c2C)C(=O)CC(N)=N3)ccc1Cl. The zero-order valence-electron chi connectivity index (χ0n) is 11.6. The summed E-state index contributed by atoms with van der Waals surface area (Å²) in [6.45, 7) is 1.93. The van der Waals surface area contributed by atoms with Crippen molar-refractivity contribution in [1.82, 2.24) is 0 Å². The number of fused-ring (bicyclic) bond motifs is 1. The number of thiophene rings is 1. The van der Waals surface area contributed by atoms with Crippen LogP contribution in [-0.4, -0.2) is 18.7 Å². The van der Waals surface area contributed by atoms with Gasteiger partial charge in [-0.25, -0.2) is 4.99 Å². The van der Waals surface area contributed by atoms with Crippen molar-refractivity contribution in [2.45, 2.75) is 13.3 Å². The number of halogens is 1. The van der Waals surface area contributed by atoms with Gasteiger partial charge in [0.1, 0.15) is 16.6 Å². The molecule has 1 aliphatic rings.